The van der Waals surface area contributed by atoms with E-state index < -0.39 is 61.2 Å². The lowest BCUT2D eigenvalue weighted by atomic mass is 9.72. The Morgan fingerprint density at radius 1 is 1.17 bits per heavy atom. The van der Waals surface area contributed by atoms with Crippen LogP contribution in [0.5, 0.6) is 5.75 Å². The minimum Gasteiger partial charge on any atom is -0.534 e. The number of benzene rings is 1. The van der Waals surface area contributed by atoms with Crippen LogP contribution in [0.15, 0.2) is 18.2 Å². The fourth-order valence-corrected chi connectivity index (χ4v) is 3.78. The van der Waals surface area contributed by atoms with E-state index in [1.807, 2.05) is 0 Å². The van der Waals surface area contributed by atoms with E-state index in [4.69, 9.17) is 4.65 Å². The summed E-state index contributed by atoms with van der Waals surface area (Å²) in [5.74, 6) is -6.83. The number of amides is 5. The Morgan fingerprint density at radius 2 is 1.89 bits per heavy atom. The van der Waals surface area contributed by atoms with Crippen LogP contribution >= 0.6 is 0 Å². The fraction of sp³-hybridized carbons (Fsp3) is 0.400. The van der Waals surface area contributed by atoms with Crippen molar-refractivity contribution in [3.63, 3.8) is 0 Å². The van der Waals surface area contributed by atoms with Crippen LogP contribution in [0.4, 0.5) is 4.79 Å². The number of hydrogen-bond acceptors (Lipinski definition) is 8. The molecule has 2 atom stereocenters. The highest BCUT2D eigenvalue weighted by molar-refractivity contribution is 6.47. The van der Waals surface area contributed by atoms with Crippen LogP contribution in [-0.4, -0.2) is 99.5 Å². The largest absolute Gasteiger partial charge is 0.547 e. The minimum atomic E-state index is -1.66. The maximum atomic E-state index is 12.8. The number of aliphatic carboxylic acids is 1. The number of carbonyl (C=O) groups is 6. The second-order valence-corrected chi connectivity index (χ2v) is 7.87. The van der Waals surface area contributed by atoms with Crippen molar-refractivity contribution in [1.82, 2.24) is 20.4 Å². The van der Waals surface area contributed by atoms with Crippen LogP contribution in [0, 0.1) is 0 Å². The van der Waals surface area contributed by atoms with Gasteiger partial charge in [-0.25, -0.2) is 9.59 Å². The van der Waals surface area contributed by atoms with Gasteiger partial charge in [0.15, 0.2) is 0 Å². The molecule has 0 aliphatic carbocycles. The molecule has 15 heteroatoms. The van der Waals surface area contributed by atoms with E-state index in [9.17, 15) is 44.0 Å². The maximum Gasteiger partial charge on any atom is 0.547 e. The van der Waals surface area contributed by atoms with Gasteiger partial charge in [-0.15, -0.1) is 0 Å². The summed E-state index contributed by atoms with van der Waals surface area (Å²) in [7, 11) is -1.66. The van der Waals surface area contributed by atoms with Gasteiger partial charge in [0.2, 0.25) is 5.91 Å². The van der Waals surface area contributed by atoms with Gasteiger partial charge in [0, 0.05) is 19.6 Å². The highest BCUT2D eigenvalue weighted by Crippen LogP contribution is 2.30. The second kappa shape index (κ2) is 10.4. The van der Waals surface area contributed by atoms with Crippen molar-refractivity contribution in [3.8, 4) is 5.75 Å². The summed E-state index contributed by atoms with van der Waals surface area (Å²) in [5.41, 5.74) is 0.210. The molecule has 5 amide bonds. The van der Waals surface area contributed by atoms with Crippen LogP contribution in [-0.2, 0) is 25.6 Å². The van der Waals surface area contributed by atoms with Crippen LogP contribution in [0.2, 0.25) is 0 Å². The molecule has 35 heavy (non-hydrogen) atoms. The number of carboxylic acid groups (broad SMARTS) is 2. The molecule has 2 heterocycles. The van der Waals surface area contributed by atoms with E-state index in [0.29, 0.717) is 10.5 Å². The number of para-hydroxylation sites is 1. The molecule has 2 aliphatic rings. The predicted octanol–water partition coefficient (Wildman–Crippen LogP) is -1.93. The molecular formula is C20H23BN4O10. The van der Waals surface area contributed by atoms with E-state index in [1.54, 1.807) is 13.0 Å². The molecule has 0 saturated carbocycles. The van der Waals surface area contributed by atoms with Gasteiger partial charge in [-0.1, -0.05) is 12.1 Å². The number of nitrogens with one attached hydrogen (secondary N) is 2. The Balaban J connectivity index is 1.71. The van der Waals surface area contributed by atoms with E-state index in [-0.39, 0.29) is 37.4 Å². The highest BCUT2D eigenvalue weighted by atomic mass is 16.5. The Morgan fingerprint density at radius 3 is 2.51 bits per heavy atom. The number of rotatable bonds is 7. The monoisotopic (exact) mass is 490 g/mol. The zero-order chi connectivity index (χ0) is 25.9. The zero-order valence-corrected chi connectivity index (χ0v) is 18.6. The maximum absolute atomic E-state index is 12.8. The van der Waals surface area contributed by atoms with Crippen molar-refractivity contribution < 1.29 is 48.7 Å². The quantitative estimate of drug-likeness (QED) is 0.212. The van der Waals surface area contributed by atoms with Gasteiger partial charge in [-0.3, -0.25) is 24.1 Å². The number of nitrogens with zero attached hydrogens (tertiary/aromatic N) is 2. The molecule has 1 aromatic carbocycles. The SMILES string of the molecule is CCN1CCN(C(=O)NC(CC(=O)O)C(=O)N[C@H]2Cc3cccc(C(=O)O)c3OB2O)C(=O)C1=O. The molecule has 1 unspecified atom stereocenters. The first-order valence-corrected chi connectivity index (χ1v) is 10.7. The third kappa shape index (κ3) is 5.51. The van der Waals surface area contributed by atoms with Crippen molar-refractivity contribution in [1.29, 1.82) is 0 Å². The molecule has 2 aliphatic heterocycles. The first-order valence-electron chi connectivity index (χ1n) is 10.7. The first kappa shape index (κ1) is 25.5. The highest BCUT2D eigenvalue weighted by Gasteiger charge is 2.40. The number of imide groups is 1. The third-order valence-electron chi connectivity index (χ3n) is 5.61. The van der Waals surface area contributed by atoms with Gasteiger partial charge in [-0.2, -0.15) is 0 Å². The molecule has 0 bridgehead atoms. The van der Waals surface area contributed by atoms with Crippen LogP contribution < -0.4 is 15.3 Å². The summed E-state index contributed by atoms with van der Waals surface area (Å²) in [6.07, 6.45) is -0.888. The Labute approximate surface area is 199 Å². The summed E-state index contributed by atoms with van der Waals surface area (Å²) in [4.78, 5) is 74.2. The number of piperazine rings is 1. The average Bonchev–Trinajstić information content (AvgIpc) is 2.79. The van der Waals surface area contributed by atoms with Crippen LogP contribution in [0.3, 0.4) is 0 Å². The molecular weight excluding hydrogens is 467 g/mol. The third-order valence-corrected chi connectivity index (χ3v) is 5.61. The topological polar surface area (TPSA) is 203 Å². The summed E-state index contributed by atoms with van der Waals surface area (Å²) >= 11 is 0. The molecule has 1 fully saturated rings. The molecule has 14 nitrogen and oxygen atoms in total. The van der Waals surface area contributed by atoms with E-state index in [1.165, 1.54) is 17.0 Å². The standard InChI is InChI=1S/C20H23BN4O10/c1-2-24-6-7-25(18(30)17(24)29)20(33)22-12(9-14(26)27)16(28)23-13-8-10-4-3-5-11(19(31)32)15(10)35-21(13)34/h3-5,12-13,34H,2,6-9H2,1H3,(H,22,33)(H,23,28)(H,26,27)(H,31,32)/t12?,13-/m0/s1. The summed E-state index contributed by atoms with van der Waals surface area (Å²) in [6.45, 7) is 1.89. The lowest BCUT2D eigenvalue weighted by Crippen LogP contribution is -2.62. The summed E-state index contributed by atoms with van der Waals surface area (Å²) in [5, 5.41) is 33.3. The van der Waals surface area contributed by atoms with Gasteiger partial charge in [0.25, 0.3) is 0 Å². The van der Waals surface area contributed by atoms with Crippen LogP contribution in [0.25, 0.3) is 0 Å². The van der Waals surface area contributed by atoms with Gasteiger partial charge in [0.1, 0.15) is 11.8 Å². The number of likely N-dealkylation sites (N-methyl/N-ethyl adjacent to an activating group) is 1. The smallest absolute Gasteiger partial charge is 0.534 e. The van der Waals surface area contributed by atoms with Gasteiger partial charge in [0.05, 0.1) is 17.9 Å². The number of carboxylic acids is 2. The Kier molecular flexibility index (Phi) is 7.59. The van der Waals surface area contributed by atoms with Crippen LogP contribution in [0.1, 0.15) is 29.3 Å². The molecule has 186 valence electrons. The number of aromatic carboxylic acids is 1. The average molecular weight is 490 g/mol. The zero-order valence-electron chi connectivity index (χ0n) is 18.6. The Bertz CT molecular complexity index is 1080. The van der Waals surface area contributed by atoms with Crippen molar-refractivity contribution in [2.24, 2.45) is 0 Å². The molecule has 1 aromatic rings. The first-order chi connectivity index (χ1) is 16.5. The fourth-order valence-electron chi connectivity index (χ4n) is 3.78. The van der Waals surface area contributed by atoms with Crippen molar-refractivity contribution >= 4 is 42.8 Å². The number of hydrogen-bond donors (Lipinski definition) is 5. The van der Waals surface area contributed by atoms with Gasteiger partial charge in [-0.05, 0) is 25.0 Å². The Hall–Kier alpha value is -4.14. The van der Waals surface area contributed by atoms with Crippen molar-refractivity contribution in [2.45, 2.75) is 31.7 Å². The minimum absolute atomic E-state index is 0.0386. The predicted molar refractivity (Wildman–Crippen MR) is 116 cm³/mol. The normalized spacial score (nSPS) is 18.3. The van der Waals surface area contributed by atoms with Crippen molar-refractivity contribution in [3.05, 3.63) is 29.3 Å². The van der Waals surface area contributed by atoms with Crippen molar-refractivity contribution in [2.75, 3.05) is 19.6 Å². The number of urea groups is 1. The van der Waals surface area contributed by atoms with E-state index >= 15 is 0 Å². The van der Waals surface area contributed by atoms with Gasteiger partial charge < -0.3 is 35.4 Å². The lowest BCUT2D eigenvalue weighted by molar-refractivity contribution is -0.153. The molecule has 0 spiro atoms. The summed E-state index contributed by atoms with van der Waals surface area (Å²) in [6, 6.07) is 1.54. The molecule has 3 rings (SSSR count). The van der Waals surface area contributed by atoms with E-state index in [2.05, 4.69) is 10.6 Å². The second-order valence-electron chi connectivity index (χ2n) is 7.87. The summed E-state index contributed by atoms with van der Waals surface area (Å²) < 4.78 is 5.28. The molecule has 0 radical (unpaired) electrons. The molecule has 1 saturated heterocycles. The number of fused-ring (bicyclic) bond motifs is 1. The van der Waals surface area contributed by atoms with E-state index in [0.717, 1.165) is 0 Å². The van der Waals surface area contributed by atoms with Gasteiger partial charge >= 0.3 is 36.9 Å². The lowest BCUT2D eigenvalue weighted by Gasteiger charge is -2.33. The molecule has 0 aromatic heterocycles. The number of carbonyl (C=O) groups excluding carboxylic acids is 4. The molecule has 5 N–H and O–H groups in total.